The van der Waals surface area contributed by atoms with Crippen LogP contribution in [0.3, 0.4) is 0 Å². The summed E-state index contributed by atoms with van der Waals surface area (Å²) >= 11 is 0. The van der Waals surface area contributed by atoms with Crippen LogP contribution in [-0.2, 0) is 9.31 Å². The van der Waals surface area contributed by atoms with Crippen LogP contribution < -0.4 is 10.2 Å². The molecule has 0 atom stereocenters. The summed E-state index contributed by atoms with van der Waals surface area (Å²) in [7, 11) is -0.590. The Morgan fingerprint density at radius 1 is 1.19 bits per heavy atom. The first-order valence-electron chi connectivity index (χ1n) is 7.15. The van der Waals surface area contributed by atoms with Crippen molar-refractivity contribution < 1.29 is 18.4 Å². The van der Waals surface area contributed by atoms with Gasteiger partial charge < -0.3 is 14.0 Å². The topological polar surface area (TPSA) is 27.7 Å². The molecule has 0 N–H and O–H groups in total. The molecule has 1 heterocycles. The molecule has 1 aromatic carbocycles. The summed E-state index contributed by atoms with van der Waals surface area (Å²) in [5.74, 6) is 0.109. The number of ether oxygens (including phenoxy) is 1. The highest BCUT2D eigenvalue weighted by Crippen LogP contribution is 2.36. The summed E-state index contributed by atoms with van der Waals surface area (Å²) in [6, 6.07) is 4.54. The predicted molar refractivity (Wildman–Crippen MR) is 82.4 cm³/mol. The quantitative estimate of drug-likeness (QED) is 0.474. The van der Waals surface area contributed by atoms with Gasteiger partial charge in [-0.05, 0) is 51.7 Å². The molecule has 0 amide bonds. The van der Waals surface area contributed by atoms with Crippen molar-refractivity contribution in [1.82, 2.24) is 0 Å². The first kappa shape index (κ1) is 16.1. The van der Waals surface area contributed by atoms with E-state index in [0.29, 0.717) is 24.2 Å². The normalized spacial score (nSPS) is 19.6. The molecular formula is C16H22BFO3. The molecule has 0 spiro atoms. The second-order valence-electron chi connectivity index (χ2n) is 6.23. The van der Waals surface area contributed by atoms with Crippen molar-refractivity contribution in [1.29, 1.82) is 0 Å². The molecule has 2 rings (SSSR count). The first-order valence-corrected chi connectivity index (χ1v) is 7.15. The highest BCUT2D eigenvalue weighted by Gasteiger charge is 2.51. The van der Waals surface area contributed by atoms with E-state index in [0.717, 1.165) is 0 Å². The molecule has 3 nitrogen and oxygen atoms in total. The fourth-order valence-electron chi connectivity index (χ4n) is 2.04. The lowest BCUT2D eigenvalue weighted by molar-refractivity contribution is 0.00578. The van der Waals surface area contributed by atoms with Gasteiger partial charge in [0, 0.05) is 6.07 Å². The zero-order chi connectivity index (χ0) is 15.7. The van der Waals surface area contributed by atoms with Gasteiger partial charge in [0.2, 0.25) is 0 Å². The molecule has 0 saturated carbocycles. The monoisotopic (exact) mass is 292 g/mol. The van der Waals surface area contributed by atoms with Crippen LogP contribution >= 0.6 is 0 Å². The molecular weight excluding hydrogens is 270 g/mol. The van der Waals surface area contributed by atoms with E-state index in [4.69, 9.17) is 14.0 Å². The van der Waals surface area contributed by atoms with Crippen molar-refractivity contribution in [2.75, 3.05) is 6.61 Å². The summed E-state index contributed by atoms with van der Waals surface area (Å²) < 4.78 is 31.1. The maximum Gasteiger partial charge on any atom is 0.495 e. The van der Waals surface area contributed by atoms with E-state index in [1.807, 2.05) is 27.7 Å². The van der Waals surface area contributed by atoms with Gasteiger partial charge in [0.1, 0.15) is 11.6 Å². The van der Waals surface area contributed by atoms with Crippen molar-refractivity contribution in [3.63, 3.8) is 0 Å². The Kier molecular flexibility index (Phi) is 4.44. The standard InChI is InChI=1S/C16H22BFO3/c1-6-7-8-19-14-10-12(9-13(18)11-14)17-20-15(2,3)16(4,5)21-17/h6,9-11H,1,7-8H2,2-5H3. The molecule has 21 heavy (non-hydrogen) atoms. The van der Waals surface area contributed by atoms with E-state index in [2.05, 4.69) is 6.58 Å². The average molecular weight is 292 g/mol. The van der Waals surface area contributed by atoms with Gasteiger partial charge in [0.15, 0.2) is 0 Å². The SMILES string of the molecule is C=CCCOc1cc(F)cc(B2OC(C)(C)C(C)(C)O2)c1. The lowest BCUT2D eigenvalue weighted by Gasteiger charge is -2.32. The molecule has 0 unspecified atom stereocenters. The third kappa shape index (κ3) is 3.47. The van der Waals surface area contributed by atoms with E-state index in [9.17, 15) is 4.39 Å². The lowest BCUT2D eigenvalue weighted by Crippen LogP contribution is -2.41. The van der Waals surface area contributed by atoms with Crippen LogP contribution in [0.5, 0.6) is 5.75 Å². The van der Waals surface area contributed by atoms with Gasteiger partial charge in [-0.2, -0.15) is 0 Å². The number of halogens is 1. The van der Waals surface area contributed by atoms with Crippen LogP contribution in [-0.4, -0.2) is 24.9 Å². The Hall–Kier alpha value is -1.33. The number of hydrogen-bond acceptors (Lipinski definition) is 3. The second kappa shape index (κ2) is 5.81. The van der Waals surface area contributed by atoms with Crippen molar-refractivity contribution in [3.8, 4) is 5.75 Å². The first-order chi connectivity index (χ1) is 9.75. The van der Waals surface area contributed by atoms with Gasteiger partial charge in [-0.15, -0.1) is 6.58 Å². The van der Waals surface area contributed by atoms with E-state index in [1.165, 1.54) is 12.1 Å². The highest BCUT2D eigenvalue weighted by molar-refractivity contribution is 6.62. The van der Waals surface area contributed by atoms with Crippen LogP contribution in [0, 0.1) is 5.82 Å². The maximum atomic E-state index is 13.8. The van der Waals surface area contributed by atoms with Gasteiger partial charge >= 0.3 is 7.12 Å². The Bertz CT molecular complexity index is 512. The fourth-order valence-corrected chi connectivity index (χ4v) is 2.04. The summed E-state index contributed by atoms with van der Waals surface area (Å²) in [4.78, 5) is 0. The summed E-state index contributed by atoms with van der Waals surface area (Å²) in [6.45, 7) is 12.0. The summed E-state index contributed by atoms with van der Waals surface area (Å²) in [5.41, 5.74) is -0.274. The number of hydrogen-bond donors (Lipinski definition) is 0. The average Bonchev–Trinajstić information content (AvgIpc) is 2.58. The molecule has 1 aliphatic heterocycles. The van der Waals surface area contributed by atoms with E-state index < -0.39 is 18.3 Å². The summed E-state index contributed by atoms with van der Waals surface area (Å²) in [6.07, 6.45) is 2.47. The number of benzene rings is 1. The molecule has 1 aliphatic rings. The van der Waals surface area contributed by atoms with Crippen LogP contribution in [0.25, 0.3) is 0 Å². The molecule has 5 heteroatoms. The minimum Gasteiger partial charge on any atom is -0.493 e. The van der Waals surface area contributed by atoms with Crippen LogP contribution in [0.15, 0.2) is 30.9 Å². The van der Waals surface area contributed by atoms with Crippen molar-refractivity contribution in [2.45, 2.75) is 45.3 Å². The van der Waals surface area contributed by atoms with E-state index in [-0.39, 0.29) is 5.82 Å². The van der Waals surface area contributed by atoms with E-state index >= 15 is 0 Å². The zero-order valence-corrected chi connectivity index (χ0v) is 13.1. The molecule has 0 radical (unpaired) electrons. The maximum absolute atomic E-state index is 13.8. The molecule has 0 aliphatic carbocycles. The smallest absolute Gasteiger partial charge is 0.493 e. The van der Waals surface area contributed by atoms with Crippen molar-refractivity contribution in [2.24, 2.45) is 0 Å². The second-order valence-corrected chi connectivity index (χ2v) is 6.23. The molecule has 1 aromatic rings. The minimum absolute atomic E-state index is 0.365. The lowest BCUT2D eigenvalue weighted by atomic mass is 9.79. The predicted octanol–water partition coefficient (Wildman–Crippen LogP) is 3.08. The van der Waals surface area contributed by atoms with E-state index in [1.54, 1.807) is 12.1 Å². The zero-order valence-electron chi connectivity index (χ0n) is 13.1. The van der Waals surface area contributed by atoms with Crippen LogP contribution in [0.2, 0.25) is 0 Å². The number of rotatable bonds is 5. The van der Waals surface area contributed by atoms with Gasteiger partial charge in [0.05, 0.1) is 17.8 Å². The largest absolute Gasteiger partial charge is 0.495 e. The van der Waals surface area contributed by atoms with Crippen molar-refractivity contribution >= 4 is 12.6 Å². The van der Waals surface area contributed by atoms with Gasteiger partial charge in [-0.3, -0.25) is 0 Å². The van der Waals surface area contributed by atoms with Crippen LogP contribution in [0.1, 0.15) is 34.1 Å². The molecule has 1 saturated heterocycles. The third-order valence-corrected chi connectivity index (χ3v) is 4.01. The van der Waals surface area contributed by atoms with Gasteiger partial charge in [-0.25, -0.2) is 4.39 Å². The Morgan fingerprint density at radius 3 is 2.38 bits per heavy atom. The molecule has 0 aromatic heterocycles. The molecule has 0 bridgehead atoms. The Labute approximate surface area is 126 Å². The minimum atomic E-state index is -0.590. The van der Waals surface area contributed by atoms with Gasteiger partial charge in [0.25, 0.3) is 0 Å². The van der Waals surface area contributed by atoms with Crippen LogP contribution in [0.4, 0.5) is 4.39 Å². The molecule has 1 fully saturated rings. The third-order valence-electron chi connectivity index (χ3n) is 4.01. The van der Waals surface area contributed by atoms with Gasteiger partial charge in [-0.1, -0.05) is 6.08 Å². The Balaban J connectivity index is 2.19. The Morgan fingerprint density at radius 2 is 1.81 bits per heavy atom. The van der Waals surface area contributed by atoms with Crippen molar-refractivity contribution in [3.05, 3.63) is 36.7 Å². The molecule has 114 valence electrons. The summed E-state index contributed by atoms with van der Waals surface area (Å²) in [5, 5.41) is 0. The highest BCUT2D eigenvalue weighted by atomic mass is 19.1. The fraction of sp³-hybridized carbons (Fsp3) is 0.500.